The van der Waals surface area contributed by atoms with Crippen LogP contribution in [0.2, 0.25) is 23.1 Å². The topological polar surface area (TPSA) is 0 Å². The van der Waals surface area contributed by atoms with Gasteiger partial charge in [-0.15, -0.1) is 0 Å². The van der Waals surface area contributed by atoms with Gasteiger partial charge in [0.1, 0.15) is 0 Å². The van der Waals surface area contributed by atoms with Crippen LogP contribution in [0.15, 0.2) is 83.9 Å². The van der Waals surface area contributed by atoms with Crippen LogP contribution in [0, 0.1) is 0 Å². The first-order chi connectivity index (χ1) is 22.1. The van der Waals surface area contributed by atoms with Crippen molar-refractivity contribution in [1.82, 2.24) is 0 Å². The Kier molecular flexibility index (Phi) is 8.86. The van der Waals surface area contributed by atoms with Gasteiger partial charge in [0.05, 0.1) is 8.07 Å². The second-order valence-corrected chi connectivity index (χ2v) is 22.0. The maximum atomic E-state index is 6.91. The lowest BCUT2D eigenvalue weighted by Gasteiger charge is -2.40. The van der Waals surface area contributed by atoms with E-state index in [2.05, 4.69) is 153 Å². The van der Waals surface area contributed by atoms with E-state index in [0.29, 0.717) is 11.1 Å². The molecule has 4 aromatic rings. The van der Waals surface area contributed by atoms with Gasteiger partial charge in [-0.2, -0.15) is 0 Å². The van der Waals surface area contributed by atoms with Crippen LogP contribution in [0.3, 0.4) is 0 Å². The van der Waals surface area contributed by atoms with Crippen LogP contribution < -0.4 is 0 Å². The summed E-state index contributed by atoms with van der Waals surface area (Å²) in [6.45, 7) is 23.3. The Morgan fingerprint density at radius 2 is 0.957 bits per heavy atom. The summed E-state index contributed by atoms with van der Waals surface area (Å²) in [7, 11) is -2.03. The minimum atomic E-state index is -2.03. The Morgan fingerprint density at radius 3 is 1.28 bits per heavy atom. The molecular weight excluding hydrogens is 627 g/mol. The van der Waals surface area contributed by atoms with E-state index >= 15 is 0 Å². The van der Waals surface area contributed by atoms with Crippen molar-refractivity contribution in [2.75, 3.05) is 0 Å². The molecule has 0 aliphatic heterocycles. The molecule has 0 nitrogen and oxygen atoms in total. The van der Waals surface area contributed by atoms with Crippen molar-refractivity contribution in [3.63, 3.8) is 0 Å². The van der Waals surface area contributed by atoms with E-state index in [0.717, 1.165) is 22.9 Å². The Morgan fingerprint density at radius 1 is 0.574 bits per heavy atom. The molecule has 0 amide bonds. The van der Waals surface area contributed by atoms with Crippen LogP contribution in [-0.2, 0) is 10.8 Å². The summed E-state index contributed by atoms with van der Waals surface area (Å²) in [5, 5.41) is 1.70. The molecule has 4 aromatic carbocycles. The fourth-order valence-electron chi connectivity index (χ4n) is 8.55. The lowest BCUT2D eigenvalue weighted by atomic mass is 9.85. The standard InChI is InChI=1S/C44H50Cl2Si/c1-11-27-23-35-31(29-19-21-37(39(45)25-29)43(3,4)5)15-13-17-33(35)41(27)47(9,10)42-28(12-2)24-36-32(16-14-18-34(36)42)30-20-22-38(40(46)26-30)44(6,7)8/h13-26,41-42H,11-12H2,1-10H3. The minimum absolute atomic E-state index is 0.00827. The third-order valence-corrected chi connectivity index (χ3v) is 15.7. The molecule has 0 saturated heterocycles. The molecule has 0 fully saturated rings. The van der Waals surface area contributed by atoms with E-state index in [1.54, 1.807) is 11.1 Å². The first-order valence-corrected chi connectivity index (χ1v) is 21.3. The lowest BCUT2D eigenvalue weighted by molar-refractivity contribution is 0.590. The summed E-state index contributed by atoms with van der Waals surface area (Å²) < 4.78 is 0. The number of rotatable bonds is 6. The van der Waals surface area contributed by atoms with Crippen molar-refractivity contribution in [2.24, 2.45) is 0 Å². The number of hydrogen-bond acceptors (Lipinski definition) is 0. The summed E-state index contributed by atoms with van der Waals surface area (Å²) in [5.74, 6) is 0. The molecule has 3 heteroatoms. The van der Waals surface area contributed by atoms with Crippen molar-refractivity contribution >= 4 is 43.4 Å². The van der Waals surface area contributed by atoms with Crippen LogP contribution in [0.4, 0.5) is 0 Å². The Balaban J connectivity index is 1.44. The molecular formula is C44H50Cl2Si. The fraction of sp³-hybridized carbons (Fsp3) is 0.364. The van der Waals surface area contributed by atoms with Crippen LogP contribution >= 0.6 is 23.2 Å². The molecule has 0 aromatic heterocycles. The largest absolute Gasteiger partial charge is 0.0840 e. The summed E-state index contributed by atoms with van der Waals surface area (Å²) in [6, 6.07) is 27.3. The monoisotopic (exact) mass is 676 g/mol. The smallest absolute Gasteiger partial charge is 0.0722 e. The van der Waals surface area contributed by atoms with Gasteiger partial charge in [0.15, 0.2) is 0 Å². The summed E-state index contributed by atoms with van der Waals surface area (Å²) in [5.41, 5.74) is 17.2. The van der Waals surface area contributed by atoms with E-state index in [9.17, 15) is 0 Å². The van der Waals surface area contributed by atoms with Gasteiger partial charge < -0.3 is 0 Å². The Labute approximate surface area is 294 Å². The van der Waals surface area contributed by atoms with Crippen molar-refractivity contribution in [1.29, 1.82) is 0 Å². The third-order valence-electron chi connectivity index (χ3n) is 10.8. The SMILES string of the molecule is CCC1=Cc2c(-c3ccc(C(C)(C)C)c(Cl)c3)cccc2C1[Si](C)(C)C1C(CC)=Cc2c(-c3ccc(C(C)(C)C)c(Cl)c3)cccc21. The maximum Gasteiger partial charge on any atom is 0.0722 e. The Hall–Kier alpha value is -2.84. The van der Waals surface area contributed by atoms with Crippen LogP contribution in [0.1, 0.15) is 113 Å². The molecule has 6 rings (SSSR count). The molecule has 47 heavy (non-hydrogen) atoms. The van der Waals surface area contributed by atoms with E-state index in [-0.39, 0.29) is 10.8 Å². The average Bonchev–Trinajstić information content (AvgIpc) is 3.59. The second kappa shape index (κ2) is 12.2. The van der Waals surface area contributed by atoms with Crippen molar-refractivity contribution < 1.29 is 0 Å². The van der Waals surface area contributed by atoms with E-state index in [1.807, 2.05) is 0 Å². The molecule has 2 atom stereocenters. The highest BCUT2D eigenvalue weighted by Crippen LogP contribution is 2.55. The molecule has 0 spiro atoms. The third kappa shape index (κ3) is 5.92. The van der Waals surface area contributed by atoms with E-state index < -0.39 is 8.07 Å². The molecule has 0 radical (unpaired) electrons. The van der Waals surface area contributed by atoms with Gasteiger partial charge in [-0.25, -0.2) is 0 Å². The molecule has 0 heterocycles. The number of hydrogen-bond donors (Lipinski definition) is 0. The molecule has 2 unspecified atom stereocenters. The van der Waals surface area contributed by atoms with Crippen LogP contribution in [-0.4, -0.2) is 8.07 Å². The van der Waals surface area contributed by atoms with Gasteiger partial charge in [0.2, 0.25) is 0 Å². The fourth-order valence-corrected chi connectivity index (χ4v) is 14.4. The highest BCUT2D eigenvalue weighted by atomic mass is 35.5. The number of allylic oxidation sites excluding steroid dienone is 2. The summed E-state index contributed by atoms with van der Waals surface area (Å²) in [4.78, 5) is 0. The van der Waals surface area contributed by atoms with Crippen LogP contribution in [0.25, 0.3) is 34.4 Å². The van der Waals surface area contributed by atoms with Gasteiger partial charge in [-0.1, -0.05) is 176 Å². The normalized spacial score (nSPS) is 17.8. The highest BCUT2D eigenvalue weighted by molar-refractivity contribution is 6.81. The van der Waals surface area contributed by atoms with Crippen LogP contribution in [0.5, 0.6) is 0 Å². The Bertz CT molecular complexity index is 1790. The number of benzene rings is 4. The van der Waals surface area contributed by atoms with E-state index in [1.165, 1.54) is 55.6 Å². The molecule has 244 valence electrons. The minimum Gasteiger partial charge on any atom is -0.0840 e. The molecule has 2 aliphatic carbocycles. The predicted octanol–water partition coefficient (Wildman–Crippen LogP) is 14.2. The van der Waals surface area contributed by atoms with E-state index in [4.69, 9.17) is 23.2 Å². The zero-order valence-electron chi connectivity index (χ0n) is 29.9. The van der Waals surface area contributed by atoms with Gasteiger partial charge in [0.25, 0.3) is 0 Å². The van der Waals surface area contributed by atoms with Gasteiger partial charge in [-0.3, -0.25) is 0 Å². The van der Waals surface area contributed by atoms with Crippen molar-refractivity contribution in [3.8, 4) is 22.3 Å². The first-order valence-electron chi connectivity index (χ1n) is 17.4. The van der Waals surface area contributed by atoms with Crippen molar-refractivity contribution in [2.45, 2.75) is 103 Å². The van der Waals surface area contributed by atoms with Gasteiger partial charge in [0, 0.05) is 21.1 Å². The quantitative estimate of drug-likeness (QED) is 0.178. The zero-order chi connectivity index (χ0) is 34.1. The number of fused-ring (bicyclic) bond motifs is 2. The average molecular weight is 678 g/mol. The highest BCUT2D eigenvalue weighted by Gasteiger charge is 2.48. The lowest BCUT2D eigenvalue weighted by Crippen LogP contribution is -2.42. The zero-order valence-corrected chi connectivity index (χ0v) is 32.4. The molecule has 0 bridgehead atoms. The maximum absolute atomic E-state index is 6.91. The first kappa shape index (κ1) is 34.0. The summed E-state index contributed by atoms with van der Waals surface area (Å²) in [6.07, 6.45) is 7.16. The molecule has 2 aliphatic rings. The summed E-state index contributed by atoms with van der Waals surface area (Å²) >= 11 is 13.8. The second-order valence-electron chi connectivity index (χ2n) is 16.3. The molecule has 0 saturated carbocycles. The molecule has 0 N–H and O–H groups in total. The van der Waals surface area contributed by atoms with Crippen molar-refractivity contribution in [3.05, 3.63) is 127 Å². The number of halogens is 2. The van der Waals surface area contributed by atoms with Gasteiger partial charge >= 0.3 is 0 Å². The van der Waals surface area contributed by atoms with Gasteiger partial charge in [-0.05, 0) is 91.4 Å². The predicted molar refractivity (Wildman–Crippen MR) is 211 cm³/mol.